The molecule has 0 aromatic rings. The molecule has 0 atom stereocenters. The molecule has 0 aliphatic carbocycles. The van der Waals surface area contributed by atoms with Crippen molar-refractivity contribution in [2.45, 2.75) is 13.8 Å². The number of hydrogen-bond acceptors (Lipinski definition) is 4. The molecule has 0 aliphatic rings. The Hall–Kier alpha value is -1.80. The molecule has 0 heterocycles. The average molecular weight is 306 g/mol. The van der Waals surface area contributed by atoms with Crippen LogP contribution in [0.4, 0.5) is 0 Å². The first-order valence-corrected chi connectivity index (χ1v) is 4.16. The molecule has 0 amide bonds. The van der Waals surface area contributed by atoms with Crippen molar-refractivity contribution in [3.8, 4) is 0 Å². The molecular weight excluding hydrogens is 289 g/mol. The molecule has 0 spiro atoms. The molecule has 107 valence electrons. The van der Waals surface area contributed by atoms with E-state index in [1.54, 1.807) is 0 Å². The van der Waals surface area contributed by atoms with Crippen molar-refractivity contribution < 1.29 is 46.8 Å². The fourth-order valence-corrected chi connectivity index (χ4v) is 0.288. The van der Waals surface area contributed by atoms with Crippen molar-refractivity contribution in [2.75, 3.05) is 13.6 Å². The molecule has 9 nitrogen and oxygen atoms in total. The zero-order valence-corrected chi connectivity index (χ0v) is 11.4. The second-order valence-corrected chi connectivity index (χ2v) is 2.67. The topological polar surface area (TPSA) is 165 Å². The summed E-state index contributed by atoms with van der Waals surface area (Å²) in [6.07, 6.45) is 0. The normalized spacial score (nSPS) is 7.06. The smallest absolute Gasteiger partial charge is 0.323 e. The first-order valence-electron chi connectivity index (χ1n) is 4.16. The fourth-order valence-electron chi connectivity index (χ4n) is 0.288. The Morgan fingerprint density at radius 2 is 1.33 bits per heavy atom. The minimum atomic E-state index is -0.993. The minimum Gasteiger partial charge on any atom is -0.481 e. The van der Waals surface area contributed by atoms with Crippen LogP contribution in [0.5, 0.6) is 0 Å². The Bertz CT molecular complexity index is 264. The predicted molar refractivity (Wildman–Crippen MR) is 58.8 cm³/mol. The molecule has 0 saturated carbocycles. The van der Waals surface area contributed by atoms with Gasteiger partial charge in [-0.3, -0.25) is 19.8 Å². The van der Waals surface area contributed by atoms with E-state index >= 15 is 0 Å². The molecule has 1 radical (unpaired) electrons. The van der Waals surface area contributed by atoms with Gasteiger partial charge in [0.1, 0.15) is 6.54 Å². The Kier molecular flexibility index (Phi) is 21.2. The summed E-state index contributed by atoms with van der Waals surface area (Å²) < 4.78 is 0. The summed E-state index contributed by atoms with van der Waals surface area (Å²) in [6, 6.07) is 0. The van der Waals surface area contributed by atoms with Gasteiger partial charge in [-0.1, -0.05) is 0 Å². The number of aliphatic carboxylic acids is 3. The van der Waals surface area contributed by atoms with E-state index in [9.17, 15) is 4.79 Å². The first kappa shape index (κ1) is 25.1. The van der Waals surface area contributed by atoms with Gasteiger partial charge in [0.25, 0.3) is 11.9 Å². The number of carboxylic acid groups (broad SMARTS) is 3. The van der Waals surface area contributed by atoms with Gasteiger partial charge in [0.05, 0.1) is 0 Å². The number of rotatable bonds is 2. The molecule has 0 rings (SSSR count). The van der Waals surface area contributed by atoms with Crippen LogP contribution < -0.4 is 5.73 Å². The van der Waals surface area contributed by atoms with E-state index in [2.05, 4.69) is 0 Å². The van der Waals surface area contributed by atoms with Crippen LogP contribution in [0.15, 0.2) is 0 Å². The van der Waals surface area contributed by atoms with Gasteiger partial charge in [0.2, 0.25) is 0 Å². The molecule has 0 aromatic heterocycles. The fraction of sp³-hybridized carbons (Fsp3) is 0.500. The van der Waals surface area contributed by atoms with Crippen molar-refractivity contribution in [2.24, 2.45) is 5.73 Å². The quantitative estimate of drug-likeness (QED) is 0.248. The predicted octanol–water partition coefficient (Wildman–Crippen LogP) is -0.924. The maximum atomic E-state index is 9.92. The third kappa shape index (κ3) is 64.4. The second kappa shape index (κ2) is 15.2. The van der Waals surface area contributed by atoms with E-state index in [0.717, 1.165) is 18.7 Å². The number of guanidine groups is 1. The second-order valence-electron chi connectivity index (χ2n) is 2.67. The van der Waals surface area contributed by atoms with Crippen LogP contribution in [0.3, 0.4) is 0 Å². The summed E-state index contributed by atoms with van der Waals surface area (Å²) >= 11 is 0. The largest absolute Gasteiger partial charge is 0.481 e. The third-order valence-corrected chi connectivity index (χ3v) is 0.784. The van der Waals surface area contributed by atoms with E-state index in [1.165, 1.54) is 7.05 Å². The Balaban J connectivity index is -0.0000000922. The van der Waals surface area contributed by atoms with Gasteiger partial charge < -0.3 is 26.0 Å². The summed E-state index contributed by atoms with van der Waals surface area (Å²) in [5, 5.41) is 29.7. The van der Waals surface area contributed by atoms with E-state index in [0.29, 0.717) is 0 Å². The van der Waals surface area contributed by atoms with E-state index < -0.39 is 17.9 Å². The zero-order chi connectivity index (χ0) is 14.6. The minimum absolute atomic E-state index is 0. The molecule has 18 heavy (non-hydrogen) atoms. The van der Waals surface area contributed by atoms with Crippen molar-refractivity contribution in [1.82, 2.24) is 4.90 Å². The molecule has 0 aliphatic heterocycles. The van der Waals surface area contributed by atoms with Crippen molar-refractivity contribution in [3.05, 3.63) is 0 Å². The molecule has 6 N–H and O–H groups in total. The number of nitrogens with one attached hydrogen (secondary N) is 1. The van der Waals surface area contributed by atoms with E-state index in [1.807, 2.05) is 0 Å². The maximum absolute atomic E-state index is 9.92. The summed E-state index contributed by atoms with van der Waals surface area (Å²) in [5.74, 6) is -2.90. The van der Waals surface area contributed by atoms with Crippen molar-refractivity contribution in [1.29, 1.82) is 5.41 Å². The van der Waals surface area contributed by atoms with Gasteiger partial charge in [-0.15, -0.1) is 0 Å². The summed E-state index contributed by atoms with van der Waals surface area (Å²) in [5.41, 5.74) is 4.93. The van der Waals surface area contributed by atoms with Crippen LogP contribution in [0, 0.1) is 5.41 Å². The summed E-state index contributed by atoms with van der Waals surface area (Å²) in [4.78, 5) is 29.0. The standard InChI is InChI=1S/C4H9N3O2.2C2H4O2.Mn/c1-7(4(5)6)2-3(8)9;2*1-2(3)4;/h2H2,1H3,(H3,5,6)(H,8,9);2*1H3,(H,3,4);. The Morgan fingerprint density at radius 3 is 1.39 bits per heavy atom. The number of likely N-dealkylation sites (N-methyl/N-ethyl adjacent to an activating group) is 1. The molecule has 0 bridgehead atoms. The van der Waals surface area contributed by atoms with Gasteiger partial charge in [0.15, 0.2) is 5.96 Å². The molecular formula is C8H17MnN3O6. The Morgan fingerprint density at radius 1 is 1.11 bits per heavy atom. The maximum Gasteiger partial charge on any atom is 0.323 e. The van der Waals surface area contributed by atoms with Crippen LogP contribution in [0.2, 0.25) is 0 Å². The Labute approximate surface area is 115 Å². The molecule has 0 unspecified atom stereocenters. The van der Waals surface area contributed by atoms with E-state index in [4.69, 9.17) is 36.1 Å². The zero-order valence-electron chi connectivity index (χ0n) is 10.2. The molecule has 10 heteroatoms. The van der Waals surface area contributed by atoms with Gasteiger partial charge in [-0.2, -0.15) is 0 Å². The van der Waals surface area contributed by atoms with Gasteiger partial charge in [-0.05, 0) is 0 Å². The van der Waals surface area contributed by atoms with Crippen LogP contribution in [0.25, 0.3) is 0 Å². The summed E-state index contributed by atoms with van der Waals surface area (Å²) in [7, 11) is 1.44. The van der Waals surface area contributed by atoms with Crippen LogP contribution in [-0.2, 0) is 31.5 Å². The molecule has 0 fully saturated rings. The van der Waals surface area contributed by atoms with Crippen molar-refractivity contribution >= 4 is 23.9 Å². The summed E-state index contributed by atoms with van der Waals surface area (Å²) in [6.45, 7) is 1.94. The van der Waals surface area contributed by atoms with Gasteiger partial charge in [-0.25, -0.2) is 0 Å². The number of nitrogens with zero attached hydrogens (tertiary/aromatic N) is 1. The number of carboxylic acids is 3. The van der Waals surface area contributed by atoms with Crippen LogP contribution in [-0.4, -0.2) is 57.7 Å². The first-order chi connectivity index (χ1) is 7.50. The van der Waals surface area contributed by atoms with E-state index in [-0.39, 0.29) is 29.6 Å². The SMILES string of the molecule is CC(=O)O.CC(=O)O.CN(CC(=O)O)C(=N)N.[Mn]. The third-order valence-electron chi connectivity index (χ3n) is 0.784. The number of carbonyl (C=O) groups is 3. The van der Waals surface area contributed by atoms with Gasteiger partial charge >= 0.3 is 5.97 Å². The van der Waals surface area contributed by atoms with Crippen LogP contribution in [0.1, 0.15) is 13.8 Å². The monoisotopic (exact) mass is 306 g/mol. The van der Waals surface area contributed by atoms with Crippen LogP contribution >= 0.6 is 0 Å². The van der Waals surface area contributed by atoms with Gasteiger partial charge in [0, 0.05) is 38.0 Å². The van der Waals surface area contributed by atoms with Crippen molar-refractivity contribution in [3.63, 3.8) is 0 Å². The average Bonchev–Trinajstić information content (AvgIpc) is 1.99. The number of hydrogen-bond donors (Lipinski definition) is 5. The number of nitrogens with two attached hydrogens (primary N) is 1. The molecule has 0 aromatic carbocycles. The molecule has 0 saturated heterocycles.